The van der Waals surface area contributed by atoms with E-state index in [0.29, 0.717) is 19.5 Å². The molecule has 0 aliphatic heterocycles. The zero-order valence-electron chi connectivity index (χ0n) is 19.0. The molecule has 1 N–H and O–H groups in total. The quantitative estimate of drug-likeness (QED) is 0.378. The van der Waals surface area contributed by atoms with Gasteiger partial charge in [-0.15, -0.1) is 11.8 Å². The third-order valence-corrected chi connectivity index (χ3v) is 6.08. The first-order chi connectivity index (χ1) is 15.0. The van der Waals surface area contributed by atoms with E-state index in [-0.39, 0.29) is 17.6 Å². The number of carbonyl (C=O) groups is 2. The molecule has 2 aromatic carbocycles. The van der Waals surface area contributed by atoms with Crippen molar-refractivity contribution in [3.8, 4) is 5.75 Å². The molecule has 0 heterocycles. The van der Waals surface area contributed by atoms with E-state index in [1.807, 2.05) is 62.4 Å². The minimum Gasteiger partial charge on any atom is -0.497 e. The van der Waals surface area contributed by atoms with E-state index in [4.69, 9.17) is 4.74 Å². The first kappa shape index (κ1) is 24.8. The van der Waals surface area contributed by atoms with E-state index in [0.717, 1.165) is 29.1 Å². The number of amides is 2. The molecule has 168 valence electrons. The second-order valence-electron chi connectivity index (χ2n) is 7.54. The number of aryl methyl sites for hydroxylation is 1. The highest BCUT2D eigenvalue weighted by Gasteiger charge is 2.28. The fraction of sp³-hybridized carbons (Fsp3) is 0.440. The Bertz CT molecular complexity index is 839. The molecule has 2 aromatic rings. The summed E-state index contributed by atoms with van der Waals surface area (Å²) in [6.45, 7) is 7.07. The van der Waals surface area contributed by atoms with Gasteiger partial charge >= 0.3 is 0 Å². The van der Waals surface area contributed by atoms with Crippen LogP contribution in [0, 0.1) is 6.92 Å². The van der Waals surface area contributed by atoms with Crippen molar-refractivity contribution in [2.24, 2.45) is 0 Å². The van der Waals surface area contributed by atoms with Crippen LogP contribution >= 0.6 is 11.8 Å². The summed E-state index contributed by atoms with van der Waals surface area (Å²) in [6.07, 6.45) is 2.49. The van der Waals surface area contributed by atoms with Crippen LogP contribution in [0.1, 0.15) is 44.2 Å². The molecule has 0 saturated carbocycles. The minimum atomic E-state index is -0.505. The van der Waals surface area contributed by atoms with Crippen LogP contribution < -0.4 is 10.1 Å². The molecule has 0 bridgehead atoms. The van der Waals surface area contributed by atoms with Crippen LogP contribution in [0.3, 0.4) is 0 Å². The Balaban J connectivity index is 2.18. The predicted molar refractivity (Wildman–Crippen MR) is 127 cm³/mol. The Morgan fingerprint density at radius 1 is 1.13 bits per heavy atom. The molecule has 0 aliphatic carbocycles. The molecule has 2 rings (SSSR count). The summed E-state index contributed by atoms with van der Waals surface area (Å²) in [5, 5.41) is 2.99. The van der Waals surface area contributed by atoms with Crippen molar-refractivity contribution in [1.29, 1.82) is 0 Å². The number of hydrogen-bond acceptors (Lipinski definition) is 4. The smallest absolute Gasteiger partial charge is 0.242 e. The van der Waals surface area contributed by atoms with Gasteiger partial charge in [-0.1, -0.05) is 50.1 Å². The summed E-state index contributed by atoms with van der Waals surface area (Å²) in [5.74, 6) is 0.879. The molecule has 0 spiro atoms. The number of hydrogen-bond donors (Lipinski definition) is 1. The highest BCUT2D eigenvalue weighted by Crippen LogP contribution is 2.22. The Labute approximate surface area is 190 Å². The van der Waals surface area contributed by atoms with Crippen LogP contribution in [0.15, 0.2) is 53.4 Å². The average molecular weight is 443 g/mol. The summed E-state index contributed by atoms with van der Waals surface area (Å²) in [7, 11) is 1.62. The third-order valence-electron chi connectivity index (χ3n) is 5.09. The second-order valence-corrected chi connectivity index (χ2v) is 8.59. The largest absolute Gasteiger partial charge is 0.497 e. The van der Waals surface area contributed by atoms with Crippen molar-refractivity contribution < 1.29 is 14.3 Å². The monoisotopic (exact) mass is 442 g/mol. The van der Waals surface area contributed by atoms with Gasteiger partial charge in [-0.25, -0.2) is 0 Å². The molecule has 6 heteroatoms. The summed E-state index contributed by atoms with van der Waals surface area (Å²) in [6, 6.07) is 15.3. The van der Waals surface area contributed by atoms with Gasteiger partial charge < -0.3 is 15.0 Å². The maximum Gasteiger partial charge on any atom is 0.242 e. The molecule has 2 amide bonds. The highest BCUT2D eigenvalue weighted by molar-refractivity contribution is 8.00. The van der Waals surface area contributed by atoms with Crippen molar-refractivity contribution in [2.45, 2.75) is 57.5 Å². The zero-order chi connectivity index (χ0) is 22.6. The molecule has 0 saturated heterocycles. The lowest BCUT2D eigenvalue weighted by Gasteiger charge is -2.30. The summed E-state index contributed by atoms with van der Waals surface area (Å²) < 4.78 is 5.32. The molecular formula is C25H34N2O3S. The number of benzene rings is 2. The zero-order valence-corrected chi connectivity index (χ0v) is 19.8. The SMILES string of the molecule is CCCCNC(=O)C(CC)N(Cc1cccc(OC)c1)C(=O)CSc1ccc(C)cc1. The Kier molecular flexibility index (Phi) is 10.4. The summed E-state index contributed by atoms with van der Waals surface area (Å²) in [5.41, 5.74) is 2.12. The molecule has 1 atom stereocenters. The van der Waals surface area contributed by atoms with Gasteiger partial charge in [0.2, 0.25) is 11.8 Å². The van der Waals surface area contributed by atoms with Crippen molar-refractivity contribution in [3.05, 3.63) is 59.7 Å². The van der Waals surface area contributed by atoms with Crippen molar-refractivity contribution in [2.75, 3.05) is 19.4 Å². The van der Waals surface area contributed by atoms with Gasteiger partial charge in [-0.05, 0) is 49.6 Å². The van der Waals surface area contributed by atoms with Gasteiger partial charge in [0.15, 0.2) is 0 Å². The lowest BCUT2D eigenvalue weighted by Crippen LogP contribution is -2.49. The number of thioether (sulfide) groups is 1. The van der Waals surface area contributed by atoms with E-state index in [1.165, 1.54) is 17.3 Å². The number of nitrogens with zero attached hydrogens (tertiary/aromatic N) is 1. The van der Waals surface area contributed by atoms with Gasteiger partial charge in [-0.3, -0.25) is 9.59 Å². The molecule has 1 unspecified atom stereocenters. The average Bonchev–Trinajstić information content (AvgIpc) is 2.78. The van der Waals surface area contributed by atoms with Crippen LogP contribution in [0.25, 0.3) is 0 Å². The fourth-order valence-electron chi connectivity index (χ4n) is 3.26. The number of carbonyl (C=O) groups excluding carboxylic acids is 2. The van der Waals surface area contributed by atoms with Crippen LogP contribution in [-0.4, -0.2) is 42.2 Å². The first-order valence-corrected chi connectivity index (χ1v) is 11.9. The maximum atomic E-state index is 13.3. The highest BCUT2D eigenvalue weighted by atomic mass is 32.2. The van der Waals surface area contributed by atoms with E-state index >= 15 is 0 Å². The van der Waals surface area contributed by atoms with Gasteiger partial charge in [0.05, 0.1) is 12.9 Å². The Morgan fingerprint density at radius 2 is 1.87 bits per heavy atom. The second kappa shape index (κ2) is 13.1. The molecule has 31 heavy (non-hydrogen) atoms. The van der Waals surface area contributed by atoms with Gasteiger partial charge in [0.1, 0.15) is 11.8 Å². The summed E-state index contributed by atoms with van der Waals surface area (Å²) >= 11 is 1.50. The fourth-order valence-corrected chi connectivity index (χ4v) is 4.04. The number of methoxy groups -OCH3 is 1. The van der Waals surface area contributed by atoms with E-state index in [9.17, 15) is 9.59 Å². The Morgan fingerprint density at radius 3 is 2.52 bits per heavy atom. The van der Waals surface area contributed by atoms with Crippen molar-refractivity contribution in [3.63, 3.8) is 0 Å². The van der Waals surface area contributed by atoms with Crippen LogP contribution in [0.2, 0.25) is 0 Å². The lowest BCUT2D eigenvalue weighted by molar-refractivity contribution is -0.139. The standard InChI is InChI=1S/C25H34N2O3S/c1-5-7-15-26-25(29)23(6-2)27(17-20-9-8-10-21(16-20)30-4)24(28)18-31-22-13-11-19(3)12-14-22/h8-14,16,23H,5-7,15,17-18H2,1-4H3,(H,26,29). The Hall–Kier alpha value is -2.47. The molecule has 0 aromatic heterocycles. The maximum absolute atomic E-state index is 13.3. The van der Waals surface area contributed by atoms with Gasteiger partial charge in [0.25, 0.3) is 0 Å². The first-order valence-electron chi connectivity index (χ1n) is 10.9. The van der Waals surface area contributed by atoms with E-state index in [1.54, 1.807) is 12.0 Å². The predicted octanol–water partition coefficient (Wildman–Crippen LogP) is 4.82. The minimum absolute atomic E-state index is 0.0501. The molecule has 0 fully saturated rings. The number of rotatable bonds is 12. The molecule has 0 aliphatic rings. The number of nitrogens with one attached hydrogen (secondary N) is 1. The topological polar surface area (TPSA) is 58.6 Å². The normalized spacial score (nSPS) is 11.6. The van der Waals surface area contributed by atoms with Crippen LogP contribution in [0.4, 0.5) is 0 Å². The van der Waals surface area contributed by atoms with Crippen LogP contribution in [-0.2, 0) is 16.1 Å². The number of ether oxygens (including phenoxy) is 1. The van der Waals surface area contributed by atoms with Crippen molar-refractivity contribution in [1.82, 2.24) is 10.2 Å². The summed E-state index contributed by atoms with van der Waals surface area (Å²) in [4.78, 5) is 28.9. The van der Waals surface area contributed by atoms with Crippen molar-refractivity contribution >= 4 is 23.6 Å². The number of unbranched alkanes of at least 4 members (excludes halogenated alkanes) is 1. The van der Waals surface area contributed by atoms with E-state index < -0.39 is 6.04 Å². The lowest BCUT2D eigenvalue weighted by atomic mass is 10.1. The van der Waals surface area contributed by atoms with Gasteiger partial charge in [-0.2, -0.15) is 0 Å². The third kappa shape index (κ3) is 7.94. The molecule has 0 radical (unpaired) electrons. The molecular weight excluding hydrogens is 408 g/mol. The van der Waals surface area contributed by atoms with E-state index in [2.05, 4.69) is 12.2 Å². The molecule has 5 nitrogen and oxygen atoms in total. The van der Waals surface area contributed by atoms with Gasteiger partial charge in [0, 0.05) is 18.0 Å². The van der Waals surface area contributed by atoms with Crippen LogP contribution in [0.5, 0.6) is 5.75 Å².